The Morgan fingerprint density at radius 3 is 2.63 bits per heavy atom. The monoisotopic (exact) mass is 264 g/mol. The standard InChI is InChI=1S/C13H16N2O4/c14-12(16)11-8-19-6-5-15(11)7-9-1-3-10(4-2-9)13(17)18/h1-4,11H,5-8H2,(H2,14,16)(H,17,18). The number of nitrogens with zero attached hydrogens (tertiary/aromatic N) is 1. The van der Waals surface area contributed by atoms with Crippen molar-refractivity contribution in [2.75, 3.05) is 19.8 Å². The first kappa shape index (κ1) is 13.5. The smallest absolute Gasteiger partial charge is 0.335 e. The van der Waals surface area contributed by atoms with Gasteiger partial charge in [-0.1, -0.05) is 12.1 Å². The molecular formula is C13H16N2O4. The summed E-state index contributed by atoms with van der Waals surface area (Å²) in [4.78, 5) is 24.0. The number of carboxylic acid groups (broad SMARTS) is 1. The van der Waals surface area contributed by atoms with E-state index in [0.717, 1.165) is 5.56 Å². The predicted molar refractivity (Wildman–Crippen MR) is 67.6 cm³/mol. The molecule has 0 bridgehead atoms. The molecule has 1 aromatic carbocycles. The highest BCUT2D eigenvalue weighted by molar-refractivity contribution is 5.87. The van der Waals surface area contributed by atoms with E-state index in [-0.39, 0.29) is 5.56 Å². The van der Waals surface area contributed by atoms with Gasteiger partial charge in [0.1, 0.15) is 6.04 Å². The number of hydrogen-bond acceptors (Lipinski definition) is 4. The van der Waals surface area contributed by atoms with Crippen LogP contribution < -0.4 is 5.73 Å². The molecule has 102 valence electrons. The van der Waals surface area contributed by atoms with Crippen molar-refractivity contribution in [3.05, 3.63) is 35.4 Å². The third-order valence-electron chi connectivity index (χ3n) is 3.15. The maximum absolute atomic E-state index is 11.3. The number of ether oxygens (including phenoxy) is 1. The zero-order valence-electron chi connectivity index (χ0n) is 10.4. The Bertz CT molecular complexity index is 472. The lowest BCUT2D eigenvalue weighted by atomic mass is 10.1. The van der Waals surface area contributed by atoms with Crippen LogP contribution in [0.2, 0.25) is 0 Å². The second kappa shape index (κ2) is 5.81. The molecule has 1 amide bonds. The van der Waals surface area contributed by atoms with Gasteiger partial charge in [-0.3, -0.25) is 9.69 Å². The summed E-state index contributed by atoms with van der Waals surface area (Å²) < 4.78 is 5.24. The summed E-state index contributed by atoms with van der Waals surface area (Å²) in [6.07, 6.45) is 0. The maximum atomic E-state index is 11.3. The Labute approximate surface area is 110 Å². The molecule has 19 heavy (non-hydrogen) atoms. The van der Waals surface area contributed by atoms with Crippen molar-refractivity contribution in [1.29, 1.82) is 0 Å². The van der Waals surface area contributed by atoms with Crippen LogP contribution in [0.4, 0.5) is 0 Å². The Hall–Kier alpha value is -1.92. The van der Waals surface area contributed by atoms with Gasteiger partial charge in [-0.15, -0.1) is 0 Å². The topological polar surface area (TPSA) is 92.9 Å². The molecule has 1 heterocycles. The van der Waals surface area contributed by atoms with Crippen molar-refractivity contribution in [2.45, 2.75) is 12.6 Å². The zero-order valence-corrected chi connectivity index (χ0v) is 10.4. The Morgan fingerprint density at radius 2 is 2.05 bits per heavy atom. The first-order chi connectivity index (χ1) is 9.08. The number of aromatic carboxylic acids is 1. The maximum Gasteiger partial charge on any atom is 0.335 e. The lowest BCUT2D eigenvalue weighted by Crippen LogP contribution is -2.51. The molecule has 0 aromatic heterocycles. The minimum Gasteiger partial charge on any atom is -0.478 e. The largest absolute Gasteiger partial charge is 0.478 e. The molecule has 6 nitrogen and oxygen atoms in total. The number of primary amides is 1. The van der Waals surface area contributed by atoms with Gasteiger partial charge in [0.25, 0.3) is 0 Å². The van der Waals surface area contributed by atoms with Crippen LogP contribution in [0.25, 0.3) is 0 Å². The van der Waals surface area contributed by atoms with Gasteiger partial charge in [0.05, 0.1) is 18.8 Å². The zero-order chi connectivity index (χ0) is 13.8. The van der Waals surface area contributed by atoms with E-state index in [4.69, 9.17) is 15.6 Å². The van der Waals surface area contributed by atoms with Crippen molar-refractivity contribution < 1.29 is 19.4 Å². The molecule has 0 radical (unpaired) electrons. The molecule has 1 saturated heterocycles. The van der Waals surface area contributed by atoms with Gasteiger partial charge in [-0.05, 0) is 17.7 Å². The Balaban J connectivity index is 2.06. The molecule has 1 aliphatic rings. The first-order valence-electron chi connectivity index (χ1n) is 6.01. The lowest BCUT2D eigenvalue weighted by molar-refractivity contribution is -0.129. The highest BCUT2D eigenvalue weighted by Gasteiger charge is 2.27. The van der Waals surface area contributed by atoms with Crippen LogP contribution in [-0.4, -0.2) is 47.7 Å². The minimum atomic E-state index is -0.951. The SMILES string of the molecule is NC(=O)C1COCCN1Cc1ccc(C(=O)O)cc1. The van der Waals surface area contributed by atoms with E-state index < -0.39 is 17.9 Å². The van der Waals surface area contributed by atoms with Crippen LogP contribution in [0, 0.1) is 0 Å². The first-order valence-corrected chi connectivity index (χ1v) is 6.01. The van der Waals surface area contributed by atoms with E-state index in [1.807, 2.05) is 4.90 Å². The van der Waals surface area contributed by atoms with Crippen molar-refractivity contribution in [3.63, 3.8) is 0 Å². The molecular weight excluding hydrogens is 248 g/mol. The average molecular weight is 264 g/mol. The number of carbonyl (C=O) groups is 2. The summed E-state index contributed by atoms with van der Waals surface area (Å²) in [5.41, 5.74) is 6.53. The van der Waals surface area contributed by atoms with Gasteiger partial charge in [0.2, 0.25) is 5.91 Å². The van der Waals surface area contributed by atoms with Crippen LogP contribution in [0.3, 0.4) is 0 Å². The normalized spacial score (nSPS) is 20.1. The quantitative estimate of drug-likeness (QED) is 0.802. The molecule has 0 saturated carbocycles. The van der Waals surface area contributed by atoms with E-state index in [2.05, 4.69) is 0 Å². The number of amides is 1. The van der Waals surface area contributed by atoms with Crippen LogP contribution in [0.15, 0.2) is 24.3 Å². The highest BCUT2D eigenvalue weighted by Crippen LogP contribution is 2.13. The van der Waals surface area contributed by atoms with Gasteiger partial charge in [-0.25, -0.2) is 4.79 Å². The second-order valence-corrected chi connectivity index (χ2v) is 4.47. The van der Waals surface area contributed by atoms with Gasteiger partial charge in [-0.2, -0.15) is 0 Å². The second-order valence-electron chi connectivity index (χ2n) is 4.47. The summed E-state index contributed by atoms with van der Waals surface area (Å²) in [7, 11) is 0. The summed E-state index contributed by atoms with van der Waals surface area (Å²) in [5.74, 6) is -1.35. The molecule has 1 aromatic rings. The van der Waals surface area contributed by atoms with Crippen molar-refractivity contribution in [1.82, 2.24) is 4.90 Å². The fourth-order valence-corrected chi connectivity index (χ4v) is 2.08. The summed E-state index contributed by atoms with van der Waals surface area (Å²) in [6.45, 7) is 2.06. The third kappa shape index (κ3) is 3.30. The minimum absolute atomic E-state index is 0.247. The van der Waals surface area contributed by atoms with E-state index >= 15 is 0 Å². The molecule has 1 unspecified atom stereocenters. The molecule has 1 aliphatic heterocycles. The Kier molecular flexibility index (Phi) is 4.13. The fraction of sp³-hybridized carbons (Fsp3) is 0.385. The van der Waals surface area contributed by atoms with Gasteiger partial charge in [0.15, 0.2) is 0 Å². The van der Waals surface area contributed by atoms with Crippen LogP contribution in [-0.2, 0) is 16.1 Å². The molecule has 0 spiro atoms. The van der Waals surface area contributed by atoms with E-state index in [1.165, 1.54) is 0 Å². The van der Waals surface area contributed by atoms with Crippen LogP contribution in [0.1, 0.15) is 15.9 Å². The lowest BCUT2D eigenvalue weighted by Gasteiger charge is -2.33. The third-order valence-corrected chi connectivity index (χ3v) is 3.15. The molecule has 1 fully saturated rings. The summed E-state index contributed by atoms with van der Waals surface area (Å²) in [5, 5.41) is 8.82. The number of carbonyl (C=O) groups excluding carboxylic acids is 1. The molecule has 3 N–H and O–H groups in total. The van der Waals surface area contributed by atoms with Crippen LogP contribution >= 0.6 is 0 Å². The summed E-state index contributed by atoms with van der Waals surface area (Å²) in [6, 6.07) is 6.18. The number of hydrogen-bond donors (Lipinski definition) is 2. The summed E-state index contributed by atoms with van der Waals surface area (Å²) >= 11 is 0. The predicted octanol–water partition coefficient (Wildman–Crippen LogP) is 0.0709. The van der Waals surface area contributed by atoms with Gasteiger partial charge in [0, 0.05) is 13.1 Å². The van der Waals surface area contributed by atoms with Crippen molar-refractivity contribution in [2.24, 2.45) is 5.73 Å². The number of morpholine rings is 1. The number of carboxylic acids is 1. The molecule has 6 heteroatoms. The van der Waals surface area contributed by atoms with E-state index in [9.17, 15) is 9.59 Å². The average Bonchev–Trinajstić information content (AvgIpc) is 2.39. The van der Waals surface area contributed by atoms with E-state index in [1.54, 1.807) is 24.3 Å². The molecule has 0 aliphatic carbocycles. The number of rotatable bonds is 4. The fourth-order valence-electron chi connectivity index (χ4n) is 2.08. The van der Waals surface area contributed by atoms with Crippen LogP contribution in [0.5, 0.6) is 0 Å². The van der Waals surface area contributed by atoms with Gasteiger partial charge >= 0.3 is 5.97 Å². The number of benzene rings is 1. The van der Waals surface area contributed by atoms with Gasteiger partial charge < -0.3 is 15.6 Å². The van der Waals surface area contributed by atoms with Crippen molar-refractivity contribution in [3.8, 4) is 0 Å². The Morgan fingerprint density at radius 1 is 1.37 bits per heavy atom. The molecule has 1 atom stereocenters. The highest BCUT2D eigenvalue weighted by atomic mass is 16.5. The van der Waals surface area contributed by atoms with Crippen molar-refractivity contribution >= 4 is 11.9 Å². The molecule has 2 rings (SSSR count). The number of nitrogens with two attached hydrogens (primary N) is 1. The van der Waals surface area contributed by atoms with E-state index in [0.29, 0.717) is 26.3 Å².